The SMILES string of the molecule is CC/C=C\C/C=C\C/C=C\C/C=C\CCCCCCCCCCC(=O)NC(CS(=O)(=O)O)C(O)CCCCCCC. The Kier molecular flexibility index (Phi) is 27.2. The molecular weight excluding hydrogens is 534 g/mol. The molecule has 0 saturated heterocycles. The van der Waals surface area contributed by atoms with Gasteiger partial charge in [-0.3, -0.25) is 9.35 Å². The van der Waals surface area contributed by atoms with Gasteiger partial charge in [0.15, 0.2) is 0 Å². The zero-order chi connectivity index (χ0) is 30.4. The Labute approximate surface area is 252 Å². The van der Waals surface area contributed by atoms with Crippen LogP contribution in [-0.2, 0) is 14.9 Å². The summed E-state index contributed by atoms with van der Waals surface area (Å²) in [6.45, 7) is 4.28. The second kappa shape index (κ2) is 28.4. The monoisotopic (exact) mass is 595 g/mol. The number of unbranched alkanes of at least 4 members (excludes halogenated alkanes) is 12. The Bertz CT molecular complexity index is 832. The van der Waals surface area contributed by atoms with Gasteiger partial charge >= 0.3 is 0 Å². The van der Waals surface area contributed by atoms with E-state index in [0.29, 0.717) is 12.8 Å². The number of carbonyl (C=O) groups is 1. The summed E-state index contributed by atoms with van der Waals surface area (Å²) in [5.74, 6) is -0.920. The summed E-state index contributed by atoms with van der Waals surface area (Å²) in [6.07, 6.45) is 36.7. The zero-order valence-corrected chi connectivity index (χ0v) is 27.0. The molecule has 0 aliphatic carbocycles. The summed E-state index contributed by atoms with van der Waals surface area (Å²) in [7, 11) is -4.29. The first-order chi connectivity index (χ1) is 19.8. The Morgan fingerprint density at radius 3 is 1.73 bits per heavy atom. The highest BCUT2D eigenvalue weighted by atomic mass is 32.2. The van der Waals surface area contributed by atoms with Crippen LogP contribution in [0.15, 0.2) is 48.6 Å². The summed E-state index contributed by atoms with van der Waals surface area (Å²) in [4.78, 5) is 12.3. The van der Waals surface area contributed by atoms with Crippen molar-refractivity contribution in [1.29, 1.82) is 0 Å². The van der Waals surface area contributed by atoms with Crippen LogP contribution in [-0.4, -0.2) is 41.9 Å². The second-order valence-corrected chi connectivity index (χ2v) is 12.6. The molecule has 7 heteroatoms. The average molecular weight is 596 g/mol. The van der Waals surface area contributed by atoms with Crippen molar-refractivity contribution in [3.8, 4) is 0 Å². The fraction of sp³-hybridized carbons (Fsp3) is 0.735. The van der Waals surface area contributed by atoms with E-state index in [4.69, 9.17) is 0 Å². The van der Waals surface area contributed by atoms with Crippen LogP contribution >= 0.6 is 0 Å². The molecule has 0 aliphatic heterocycles. The maximum atomic E-state index is 12.3. The predicted molar refractivity (Wildman–Crippen MR) is 175 cm³/mol. The smallest absolute Gasteiger partial charge is 0.266 e. The number of carbonyl (C=O) groups excluding carboxylic acids is 1. The lowest BCUT2D eigenvalue weighted by Crippen LogP contribution is -2.47. The van der Waals surface area contributed by atoms with Gasteiger partial charge in [0.05, 0.1) is 17.9 Å². The Morgan fingerprint density at radius 1 is 0.683 bits per heavy atom. The predicted octanol–water partition coefficient (Wildman–Crippen LogP) is 8.79. The Hall–Kier alpha value is -1.70. The first-order valence-corrected chi connectivity index (χ1v) is 17.9. The highest BCUT2D eigenvalue weighted by molar-refractivity contribution is 7.85. The number of nitrogens with one attached hydrogen (secondary N) is 1. The van der Waals surface area contributed by atoms with Crippen LogP contribution in [0.4, 0.5) is 0 Å². The molecule has 0 saturated carbocycles. The van der Waals surface area contributed by atoms with Crippen LogP contribution in [0, 0.1) is 0 Å². The molecule has 0 aromatic carbocycles. The van der Waals surface area contributed by atoms with E-state index in [1.807, 2.05) is 0 Å². The summed E-state index contributed by atoms with van der Waals surface area (Å²) >= 11 is 0. The summed E-state index contributed by atoms with van der Waals surface area (Å²) in [5, 5.41) is 13.1. The van der Waals surface area contributed by atoms with Crippen LogP contribution in [0.3, 0.4) is 0 Å². The highest BCUT2D eigenvalue weighted by Gasteiger charge is 2.25. The molecule has 41 heavy (non-hydrogen) atoms. The van der Waals surface area contributed by atoms with E-state index in [1.54, 1.807) is 0 Å². The topological polar surface area (TPSA) is 104 Å². The van der Waals surface area contributed by atoms with Crippen LogP contribution in [0.2, 0.25) is 0 Å². The van der Waals surface area contributed by atoms with Crippen molar-refractivity contribution in [3.05, 3.63) is 48.6 Å². The van der Waals surface area contributed by atoms with E-state index in [1.165, 1.54) is 25.7 Å². The Morgan fingerprint density at radius 2 is 1.17 bits per heavy atom. The molecule has 0 radical (unpaired) electrons. The molecule has 2 atom stereocenters. The van der Waals surface area contributed by atoms with Gasteiger partial charge in [-0.15, -0.1) is 0 Å². The van der Waals surface area contributed by atoms with Crippen molar-refractivity contribution in [3.63, 3.8) is 0 Å². The molecule has 0 fully saturated rings. The van der Waals surface area contributed by atoms with Crippen LogP contribution < -0.4 is 5.32 Å². The van der Waals surface area contributed by atoms with Crippen LogP contribution in [0.25, 0.3) is 0 Å². The van der Waals surface area contributed by atoms with Crippen molar-refractivity contribution in [1.82, 2.24) is 5.32 Å². The molecule has 3 N–H and O–H groups in total. The first-order valence-electron chi connectivity index (χ1n) is 16.3. The third-order valence-electron chi connectivity index (χ3n) is 7.05. The van der Waals surface area contributed by atoms with Gasteiger partial charge < -0.3 is 10.4 Å². The molecule has 2 unspecified atom stereocenters. The van der Waals surface area contributed by atoms with Gasteiger partial charge in [-0.2, -0.15) is 8.42 Å². The number of amides is 1. The summed E-state index contributed by atoms with van der Waals surface area (Å²) in [6, 6.07) is -0.972. The quantitative estimate of drug-likeness (QED) is 0.0476. The molecular formula is C34H61NO5S. The third kappa shape index (κ3) is 29.6. The lowest BCUT2D eigenvalue weighted by molar-refractivity contribution is -0.122. The number of aliphatic hydroxyl groups is 1. The lowest BCUT2D eigenvalue weighted by Gasteiger charge is -2.23. The number of aliphatic hydroxyl groups excluding tert-OH is 1. The number of hydrogen-bond acceptors (Lipinski definition) is 4. The van der Waals surface area contributed by atoms with E-state index < -0.39 is 28.0 Å². The van der Waals surface area contributed by atoms with Crippen molar-refractivity contribution in [2.24, 2.45) is 0 Å². The second-order valence-electron chi connectivity index (χ2n) is 11.1. The molecule has 0 aromatic heterocycles. The fourth-order valence-electron chi connectivity index (χ4n) is 4.62. The van der Waals surface area contributed by atoms with Gasteiger partial charge in [-0.25, -0.2) is 0 Å². The molecule has 0 heterocycles. The normalized spacial score (nSPS) is 14.1. The van der Waals surface area contributed by atoms with Crippen molar-refractivity contribution in [2.45, 2.75) is 154 Å². The van der Waals surface area contributed by atoms with Crippen LogP contribution in [0.1, 0.15) is 142 Å². The first kappa shape index (κ1) is 39.3. The van der Waals surface area contributed by atoms with Gasteiger partial charge in [0.1, 0.15) is 0 Å². The van der Waals surface area contributed by atoms with Gasteiger partial charge in [-0.1, -0.05) is 133 Å². The number of hydrogen-bond donors (Lipinski definition) is 3. The van der Waals surface area contributed by atoms with Gasteiger partial charge in [0, 0.05) is 6.42 Å². The van der Waals surface area contributed by atoms with Crippen molar-refractivity contribution in [2.75, 3.05) is 5.75 Å². The van der Waals surface area contributed by atoms with Crippen molar-refractivity contribution < 1.29 is 22.9 Å². The molecule has 0 aromatic rings. The number of rotatable bonds is 28. The molecule has 238 valence electrons. The van der Waals surface area contributed by atoms with Crippen molar-refractivity contribution >= 4 is 16.0 Å². The van der Waals surface area contributed by atoms with E-state index in [9.17, 15) is 22.9 Å². The largest absolute Gasteiger partial charge is 0.391 e. The standard InChI is InChI=1S/C34H61NO5S/c1-3-5-7-9-10-11-12-13-14-15-16-17-18-19-20-21-22-23-24-26-28-30-34(37)35-32(31-41(38,39)40)33(36)29-27-25-8-6-4-2/h5,7,10-11,13-14,16-17,32-33,36H,3-4,6,8-9,12,15,18-31H2,1-2H3,(H,35,37)(H,38,39,40)/b7-5-,11-10-,14-13-,17-16-. The maximum Gasteiger partial charge on any atom is 0.266 e. The minimum atomic E-state index is -4.29. The third-order valence-corrected chi connectivity index (χ3v) is 7.83. The fourth-order valence-corrected chi connectivity index (χ4v) is 5.38. The Balaban J connectivity index is 3.83. The molecule has 0 rings (SSSR count). The van der Waals surface area contributed by atoms with Gasteiger partial charge in [-0.05, 0) is 51.4 Å². The minimum Gasteiger partial charge on any atom is -0.391 e. The highest BCUT2D eigenvalue weighted by Crippen LogP contribution is 2.13. The van der Waals surface area contributed by atoms with E-state index in [0.717, 1.165) is 89.9 Å². The maximum absolute atomic E-state index is 12.3. The van der Waals surface area contributed by atoms with Gasteiger partial charge in [0.2, 0.25) is 5.91 Å². The molecule has 1 amide bonds. The minimum absolute atomic E-state index is 0.264. The lowest BCUT2D eigenvalue weighted by atomic mass is 10.0. The zero-order valence-electron chi connectivity index (χ0n) is 26.2. The van der Waals surface area contributed by atoms with Crippen LogP contribution in [0.5, 0.6) is 0 Å². The van der Waals surface area contributed by atoms with E-state index in [-0.39, 0.29) is 5.91 Å². The average Bonchev–Trinajstić information content (AvgIpc) is 2.92. The molecule has 6 nitrogen and oxygen atoms in total. The molecule has 0 spiro atoms. The molecule has 0 aliphatic rings. The summed E-state index contributed by atoms with van der Waals surface area (Å²) in [5.41, 5.74) is 0. The van der Waals surface area contributed by atoms with Gasteiger partial charge in [0.25, 0.3) is 10.1 Å². The van der Waals surface area contributed by atoms with E-state index >= 15 is 0 Å². The molecule has 0 bridgehead atoms. The van der Waals surface area contributed by atoms with E-state index in [2.05, 4.69) is 67.8 Å². The summed E-state index contributed by atoms with van der Waals surface area (Å²) < 4.78 is 32.0. The number of allylic oxidation sites excluding steroid dienone is 8.